The lowest BCUT2D eigenvalue weighted by Gasteiger charge is -2.14. The maximum atomic E-state index is 4.38. The summed E-state index contributed by atoms with van der Waals surface area (Å²) in [5.41, 5.74) is 15.5. The second kappa shape index (κ2) is 11.8. The minimum atomic E-state index is 0.899. The number of hydrogen-bond acceptors (Lipinski definition) is 1. The lowest BCUT2D eigenvalue weighted by Crippen LogP contribution is -2.01. The summed E-state index contributed by atoms with van der Waals surface area (Å²) in [6.45, 7) is 4.39. The fourth-order valence-corrected chi connectivity index (χ4v) is 7.30. The summed E-state index contributed by atoms with van der Waals surface area (Å²) < 4.78 is 4.78. The van der Waals surface area contributed by atoms with E-state index in [0.717, 1.165) is 25.7 Å². The lowest BCUT2D eigenvalue weighted by molar-refractivity contribution is 0.945. The van der Waals surface area contributed by atoms with Gasteiger partial charge in [-0.25, -0.2) is 0 Å². The topological polar surface area (TPSA) is 22.8 Å². The van der Waals surface area contributed by atoms with Crippen molar-refractivity contribution in [3.63, 3.8) is 0 Å². The molecule has 3 aromatic heterocycles. The van der Waals surface area contributed by atoms with Crippen molar-refractivity contribution in [1.82, 2.24) is 14.1 Å². The van der Waals surface area contributed by atoms with Crippen LogP contribution in [-0.2, 0) is 19.3 Å². The Morgan fingerprint density at radius 3 is 2.11 bits per heavy atom. The van der Waals surface area contributed by atoms with Crippen LogP contribution in [0.15, 0.2) is 128 Å². The van der Waals surface area contributed by atoms with Crippen LogP contribution in [0.1, 0.15) is 53.9 Å². The number of nitrogens with zero attached hydrogens (tertiary/aromatic N) is 3. The molecule has 0 radical (unpaired) electrons. The van der Waals surface area contributed by atoms with E-state index in [2.05, 4.69) is 155 Å². The van der Waals surface area contributed by atoms with E-state index < -0.39 is 0 Å². The van der Waals surface area contributed by atoms with Crippen LogP contribution in [0.5, 0.6) is 0 Å². The Morgan fingerprint density at radius 1 is 0.717 bits per heavy atom. The SMILES string of the molecule is C/C=C\c1c(CC)c2c(n1-c1ccc(-c3ccc(Cc4ccc(-n5c6ccccc6c6cnccc65)cc4)cc3)cc1)C=CCC2. The van der Waals surface area contributed by atoms with Gasteiger partial charge in [0.2, 0.25) is 0 Å². The highest BCUT2D eigenvalue weighted by Gasteiger charge is 2.21. The smallest absolute Gasteiger partial charge is 0.0571 e. The van der Waals surface area contributed by atoms with Gasteiger partial charge in [-0.3, -0.25) is 4.98 Å². The van der Waals surface area contributed by atoms with E-state index >= 15 is 0 Å². The maximum absolute atomic E-state index is 4.38. The quantitative estimate of drug-likeness (QED) is 0.180. The molecule has 0 bridgehead atoms. The zero-order valence-corrected chi connectivity index (χ0v) is 26.4. The molecule has 0 unspecified atom stereocenters. The van der Waals surface area contributed by atoms with Crippen LogP contribution in [0.25, 0.3) is 56.5 Å². The summed E-state index contributed by atoms with van der Waals surface area (Å²) in [7, 11) is 0. The van der Waals surface area contributed by atoms with E-state index in [4.69, 9.17) is 0 Å². The molecule has 8 rings (SSSR count). The number of benzene rings is 4. The van der Waals surface area contributed by atoms with E-state index in [1.807, 2.05) is 12.4 Å². The molecule has 3 heteroatoms. The second-order valence-electron chi connectivity index (χ2n) is 12.2. The van der Waals surface area contributed by atoms with Gasteiger partial charge in [-0.15, -0.1) is 0 Å². The molecule has 0 saturated heterocycles. The van der Waals surface area contributed by atoms with Crippen molar-refractivity contribution < 1.29 is 0 Å². The largest absolute Gasteiger partial charge is 0.310 e. The molecule has 0 amide bonds. The third kappa shape index (κ3) is 4.80. The highest BCUT2D eigenvalue weighted by atomic mass is 15.0. The Labute approximate surface area is 270 Å². The van der Waals surface area contributed by atoms with Gasteiger partial charge in [0.25, 0.3) is 0 Å². The monoisotopic (exact) mass is 595 g/mol. The first kappa shape index (κ1) is 28.1. The van der Waals surface area contributed by atoms with E-state index in [1.165, 1.54) is 77.9 Å². The average Bonchev–Trinajstić information content (AvgIpc) is 3.62. The predicted molar refractivity (Wildman–Crippen MR) is 194 cm³/mol. The summed E-state index contributed by atoms with van der Waals surface area (Å²) in [6, 6.07) is 37.8. The molecule has 7 aromatic rings. The Hall–Kier alpha value is -5.41. The molecule has 0 spiro atoms. The van der Waals surface area contributed by atoms with Crippen molar-refractivity contribution in [1.29, 1.82) is 0 Å². The van der Waals surface area contributed by atoms with Gasteiger partial charge in [0.15, 0.2) is 0 Å². The molecule has 3 heterocycles. The van der Waals surface area contributed by atoms with Crippen LogP contribution in [-0.4, -0.2) is 14.1 Å². The van der Waals surface area contributed by atoms with Gasteiger partial charge in [-0.1, -0.05) is 85.8 Å². The van der Waals surface area contributed by atoms with Gasteiger partial charge in [-0.05, 0) is 115 Å². The molecule has 3 nitrogen and oxygen atoms in total. The lowest BCUT2D eigenvalue weighted by atomic mass is 9.98. The summed E-state index contributed by atoms with van der Waals surface area (Å²) in [4.78, 5) is 4.38. The molecule has 0 aliphatic heterocycles. The van der Waals surface area contributed by atoms with Gasteiger partial charge in [0, 0.05) is 45.9 Å². The van der Waals surface area contributed by atoms with Gasteiger partial charge in [0.05, 0.1) is 11.0 Å². The summed E-state index contributed by atoms with van der Waals surface area (Å²) in [5, 5.41) is 2.41. The zero-order valence-electron chi connectivity index (χ0n) is 26.4. The Morgan fingerprint density at radius 2 is 1.37 bits per heavy atom. The van der Waals surface area contributed by atoms with Crippen LogP contribution < -0.4 is 0 Å². The molecule has 0 fully saturated rings. The van der Waals surface area contributed by atoms with E-state index in [0.29, 0.717) is 0 Å². The van der Waals surface area contributed by atoms with Gasteiger partial charge >= 0.3 is 0 Å². The molecule has 1 aliphatic rings. The summed E-state index contributed by atoms with van der Waals surface area (Å²) >= 11 is 0. The Bertz CT molecular complexity index is 2190. The molecule has 0 atom stereocenters. The first-order valence-electron chi connectivity index (χ1n) is 16.4. The number of aromatic nitrogens is 3. The number of fused-ring (bicyclic) bond motifs is 4. The summed E-state index contributed by atoms with van der Waals surface area (Å²) in [5.74, 6) is 0. The van der Waals surface area contributed by atoms with E-state index in [-0.39, 0.29) is 0 Å². The van der Waals surface area contributed by atoms with Crippen molar-refractivity contribution in [2.75, 3.05) is 0 Å². The predicted octanol–water partition coefficient (Wildman–Crippen LogP) is 10.8. The van der Waals surface area contributed by atoms with Crippen LogP contribution in [0.3, 0.4) is 0 Å². The number of rotatable bonds is 7. The van der Waals surface area contributed by atoms with Crippen LogP contribution >= 0.6 is 0 Å². The molecule has 224 valence electrons. The number of pyridine rings is 1. The molecule has 1 aliphatic carbocycles. The van der Waals surface area contributed by atoms with Crippen LogP contribution in [0.2, 0.25) is 0 Å². The van der Waals surface area contributed by atoms with Crippen molar-refractivity contribution in [3.8, 4) is 22.5 Å². The van der Waals surface area contributed by atoms with Crippen LogP contribution in [0, 0.1) is 0 Å². The van der Waals surface area contributed by atoms with E-state index in [1.54, 1.807) is 0 Å². The fraction of sp³-hybridized carbons (Fsp3) is 0.140. The molecule has 46 heavy (non-hydrogen) atoms. The maximum Gasteiger partial charge on any atom is 0.0571 e. The fourth-order valence-electron chi connectivity index (χ4n) is 7.30. The number of allylic oxidation sites excluding steroid dienone is 2. The minimum Gasteiger partial charge on any atom is -0.310 e. The van der Waals surface area contributed by atoms with Crippen LogP contribution in [0.4, 0.5) is 0 Å². The Kier molecular flexibility index (Phi) is 7.23. The zero-order chi connectivity index (χ0) is 31.0. The average molecular weight is 596 g/mol. The first-order chi connectivity index (χ1) is 22.7. The highest BCUT2D eigenvalue weighted by Crippen LogP contribution is 2.35. The molecule has 4 aromatic carbocycles. The molecule has 0 saturated carbocycles. The standard InChI is InChI=1S/C43H37N3/c1-3-9-40-36(4-2)37-10-5-7-12-41(37)45(40)35-24-20-33(21-25-35)32-18-14-30(15-19-32)28-31-16-22-34(23-17-31)46-42-13-8-6-11-38(42)39-29-44-27-26-43(39)46/h3,6-9,11-27,29H,4-5,10,28H2,1-2H3/b9-3-. The van der Waals surface area contributed by atoms with Gasteiger partial charge in [-0.2, -0.15) is 0 Å². The Balaban J connectivity index is 1.03. The second-order valence-corrected chi connectivity index (χ2v) is 12.2. The third-order valence-electron chi connectivity index (χ3n) is 9.47. The minimum absolute atomic E-state index is 0.899. The first-order valence-corrected chi connectivity index (χ1v) is 16.4. The van der Waals surface area contributed by atoms with E-state index in [9.17, 15) is 0 Å². The normalized spacial score (nSPS) is 12.8. The number of hydrogen-bond donors (Lipinski definition) is 0. The molecular formula is C43H37N3. The molecule has 0 N–H and O–H groups in total. The van der Waals surface area contributed by atoms with Gasteiger partial charge < -0.3 is 9.13 Å². The molecular weight excluding hydrogens is 558 g/mol. The third-order valence-corrected chi connectivity index (χ3v) is 9.47. The van der Waals surface area contributed by atoms with Gasteiger partial charge in [0.1, 0.15) is 0 Å². The van der Waals surface area contributed by atoms with Crippen molar-refractivity contribution >= 4 is 34.0 Å². The summed E-state index contributed by atoms with van der Waals surface area (Å²) in [6.07, 6.45) is 17.1. The van der Waals surface area contributed by atoms with Crippen molar-refractivity contribution in [2.45, 2.75) is 39.5 Å². The van der Waals surface area contributed by atoms with Crippen molar-refractivity contribution in [3.05, 3.63) is 161 Å². The number of para-hydroxylation sites is 1. The van der Waals surface area contributed by atoms with Crippen molar-refractivity contribution in [2.24, 2.45) is 0 Å². The highest BCUT2D eigenvalue weighted by molar-refractivity contribution is 6.08.